The third-order valence-corrected chi connectivity index (χ3v) is 3.49. The minimum Gasteiger partial charge on any atom is -0.464 e. The number of hydrogen-bond donors (Lipinski definition) is 2. The number of halogens is 1. The molecule has 0 saturated carbocycles. The molecule has 0 unspecified atom stereocenters. The van der Waals surface area contributed by atoms with Gasteiger partial charge in [0.25, 0.3) is 0 Å². The molecule has 1 aromatic carbocycles. The van der Waals surface area contributed by atoms with E-state index in [1.54, 1.807) is 14.0 Å². The van der Waals surface area contributed by atoms with E-state index in [0.29, 0.717) is 18.1 Å². The van der Waals surface area contributed by atoms with Gasteiger partial charge >= 0.3 is 6.09 Å². The van der Waals surface area contributed by atoms with E-state index in [4.69, 9.17) is 4.74 Å². The first-order valence-electron chi connectivity index (χ1n) is 7.19. The van der Waals surface area contributed by atoms with Gasteiger partial charge in [0.15, 0.2) is 11.6 Å². The van der Waals surface area contributed by atoms with Gasteiger partial charge in [0.2, 0.25) is 5.88 Å². The van der Waals surface area contributed by atoms with Gasteiger partial charge in [0.05, 0.1) is 12.1 Å². The predicted molar refractivity (Wildman–Crippen MR) is 84.9 cm³/mol. The molecule has 3 rings (SSSR count). The van der Waals surface area contributed by atoms with Gasteiger partial charge in [-0.3, -0.25) is 0 Å². The van der Waals surface area contributed by atoms with E-state index in [0.717, 1.165) is 4.57 Å². The molecule has 0 aliphatic heterocycles. The van der Waals surface area contributed by atoms with Crippen LogP contribution in [0.15, 0.2) is 30.5 Å². The molecular formula is C16H15FN4O3. The zero-order chi connectivity index (χ0) is 17.3. The fourth-order valence-corrected chi connectivity index (χ4v) is 2.48. The highest BCUT2D eigenvalue weighted by atomic mass is 19.1. The standard InChI is InChI=1S/C16H15FN4O3/c1-9-7-10-11(21(9)16(22)23)3-4-12(15(10)17)24-14-5-6-19-13(20-14)8-18-2/h3-7,18H,8H2,1-2H3,(H,22,23). The van der Waals surface area contributed by atoms with Gasteiger partial charge in [-0.2, -0.15) is 4.98 Å². The minimum atomic E-state index is -1.16. The van der Waals surface area contributed by atoms with Crippen LogP contribution in [-0.2, 0) is 6.54 Å². The van der Waals surface area contributed by atoms with Crippen molar-refractivity contribution >= 4 is 17.0 Å². The molecule has 2 heterocycles. The van der Waals surface area contributed by atoms with Crippen LogP contribution >= 0.6 is 0 Å². The molecule has 24 heavy (non-hydrogen) atoms. The fourth-order valence-electron chi connectivity index (χ4n) is 2.48. The van der Waals surface area contributed by atoms with Crippen LogP contribution in [0.4, 0.5) is 9.18 Å². The number of benzene rings is 1. The van der Waals surface area contributed by atoms with Crippen LogP contribution in [0, 0.1) is 12.7 Å². The molecule has 0 bridgehead atoms. The average molecular weight is 330 g/mol. The topological polar surface area (TPSA) is 89.3 Å². The van der Waals surface area contributed by atoms with Crippen LogP contribution in [0.5, 0.6) is 11.6 Å². The van der Waals surface area contributed by atoms with Crippen molar-refractivity contribution in [3.05, 3.63) is 47.8 Å². The number of carbonyl (C=O) groups is 1. The molecule has 0 amide bonds. The predicted octanol–water partition coefficient (Wildman–Crippen LogP) is 2.92. The molecule has 7 nitrogen and oxygen atoms in total. The van der Waals surface area contributed by atoms with Crippen molar-refractivity contribution in [1.29, 1.82) is 0 Å². The summed E-state index contributed by atoms with van der Waals surface area (Å²) >= 11 is 0. The lowest BCUT2D eigenvalue weighted by molar-refractivity contribution is 0.197. The fraction of sp³-hybridized carbons (Fsp3) is 0.188. The largest absolute Gasteiger partial charge is 0.464 e. The van der Waals surface area contributed by atoms with Crippen LogP contribution in [0.3, 0.4) is 0 Å². The van der Waals surface area contributed by atoms with Crippen molar-refractivity contribution in [2.24, 2.45) is 0 Å². The van der Waals surface area contributed by atoms with Crippen molar-refractivity contribution < 1.29 is 19.0 Å². The molecule has 0 fully saturated rings. The lowest BCUT2D eigenvalue weighted by Gasteiger charge is -2.08. The Balaban J connectivity index is 2.00. The number of rotatable bonds is 4. The Hall–Kier alpha value is -3.00. The highest BCUT2D eigenvalue weighted by Gasteiger charge is 2.17. The van der Waals surface area contributed by atoms with Crippen LogP contribution in [0.2, 0.25) is 0 Å². The Bertz CT molecular complexity index is 923. The zero-order valence-electron chi connectivity index (χ0n) is 13.1. The highest BCUT2D eigenvalue weighted by molar-refractivity contribution is 5.91. The average Bonchev–Trinajstić information content (AvgIpc) is 2.88. The number of aryl methyl sites for hydroxylation is 1. The summed E-state index contributed by atoms with van der Waals surface area (Å²) in [6, 6.07) is 5.88. The van der Waals surface area contributed by atoms with Gasteiger partial charge < -0.3 is 15.2 Å². The van der Waals surface area contributed by atoms with Crippen molar-refractivity contribution in [2.45, 2.75) is 13.5 Å². The van der Waals surface area contributed by atoms with E-state index in [1.165, 1.54) is 30.5 Å². The first-order chi connectivity index (χ1) is 11.5. The van der Waals surface area contributed by atoms with E-state index < -0.39 is 11.9 Å². The number of ether oxygens (including phenoxy) is 1. The molecule has 0 spiro atoms. The molecule has 8 heteroatoms. The Morgan fingerprint density at radius 2 is 2.21 bits per heavy atom. The Morgan fingerprint density at radius 3 is 2.92 bits per heavy atom. The van der Waals surface area contributed by atoms with Gasteiger partial charge in [0, 0.05) is 23.3 Å². The molecule has 2 aromatic heterocycles. The molecule has 0 aliphatic carbocycles. The lowest BCUT2D eigenvalue weighted by Crippen LogP contribution is -2.09. The van der Waals surface area contributed by atoms with Crippen LogP contribution in [-0.4, -0.2) is 32.8 Å². The van der Waals surface area contributed by atoms with Crippen molar-refractivity contribution in [2.75, 3.05) is 7.05 Å². The summed E-state index contributed by atoms with van der Waals surface area (Å²) in [6.45, 7) is 2.06. The number of hydrogen-bond acceptors (Lipinski definition) is 5. The molecular weight excluding hydrogens is 315 g/mol. The molecule has 0 aliphatic rings. The van der Waals surface area contributed by atoms with Crippen molar-refractivity contribution in [3.63, 3.8) is 0 Å². The van der Waals surface area contributed by atoms with Gasteiger partial charge in [-0.1, -0.05) is 0 Å². The number of carboxylic acid groups (broad SMARTS) is 1. The lowest BCUT2D eigenvalue weighted by atomic mass is 10.2. The van der Waals surface area contributed by atoms with E-state index in [9.17, 15) is 14.3 Å². The van der Waals surface area contributed by atoms with E-state index in [1.807, 2.05) is 0 Å². The molecule has 0 radical (unpaired) electrons. The second-order valence-corrected chi connectivity index (χ2v) is 5.16. The summed E-state index contributed by atoms with van der Waals surface area (Å²) < 4.78 is 21.2. The molecule has 0 atom stereocenters. The second-order valence-electron chi connectivity index (χ2n) is 5.16. The summed E-state index contributed by atoms with van der Waals surface area (Å²) in [4.78, 5) is 19.5. The third kappa shape index (κ3) is 2.79. The SMILES string of the molecule is CNCc1nccc(Oc2ccc3c(cc(C)n3C(=O)O)c2F)n1. The van der Waals surface area contributed by atoms with E-state index in [-0.39, 0.29) is 22.5 Å². The number of aromatic nitrogens is 3. The van der Waals surface area contributed by atoms with Gasteiger partial charge in [0.1, 0.15) is 5.82 Å². The summed E-state index contributed by atoms with van der Waals surface area (Å²) in [5.41, 5.74) is 0.690. The normalized spacial score (nSPS) is 11.0. The summed E-state index contributed by atoms with van der Waals surface area (Å²) in [5, 5.41) is 12.3. The van der Waals surface area contributed by atoms with E-state index in [2.05, 4.69) is 15.3 Å². The van der Waals surface area contributed by atoms with E-state index >= 15 is 0 Å². The molecule has 3 aromatic rings. The maximum atomic E-state index is 14.7. The molecule has 2 N–H and O–H groups in total. The quantitative estimate of drug-likeness (QED) is 0.764. The first-order valence-corrected chi connectivity index (χ1v) is 7.19. The summed E-state index contributed by atoms with van der Waals surface area (Å²) in [5.74, 6) is 0.0655. The molecule has 0 saturated heterocycles. The monoisotopic (exact) mass is 330 g/mol. The maximum absolute atomic E-state index is 14.7. The van der Waals surface area contributed by atoms with Crippen molar-refractivity contribution in [3.8, 4) is 11.6 Å². The summed E-state index contributed by atoms with van der Waals surface area (Å²) in [6.07, 6.45) is 0.360. The Labute approximate surface area is 136 Å². The number of fused-ring (bicyclic) bond motifs is 1. The number of nitrogens with one attached hydrogen (secondary N) is 1. The second kappa shape index (κ2) is 6.25. The number of nitrogens with zero attached hydrogens (tertiary/aromatic N) is 3. The first kappa shape index (κ1) is 15.9. The smallest absolute Gasteiger partial charge is 0.416 e. The zero-order valence-corrected chi connectivity index (χ0v) is 13.1. The molecule has 124 valence electrons. The Kier molecular flexibility index (Phi) is 4.13. The summed E-state index contributed by atoms with van der Waals surface area (Å²) in [7, 11) is 1.76. The van der Waals surface area contributed by atoms with Gasteiger partial charge in [-0.15, -0.1) is 0 Å². The van der Waals surface area contributed by atoms with Crippen LogP contribution < -0.4 is 10.1 Å². The Morgan fingerprint density at radius 1 is 1.42 bits per heavy atom. The highest BCUT2D eigenvalue weighted by Crippen LogP contribution is 2.31. The van der Waals surface area contributed by atoms with Gasteiger partial charge in [-0.05, 0) is 32.2 Å². The third-order valence-electron chi connectivity index (χ3n) is 3.49. The van der Waals surface area contributed by atoms with Gasteiger partial charge in [-0.25, -0.2) is 18.7 Å². The van der Waals surface area contributed by atoms with Crippen LogP contribution in [0.25, 0.3) is 10.9 Å². The van der Waals surface area contributed by atoms with Crippen LogP contribution in [0.1, 0.15) is 11.5 Å². The maximum Gasteiger partial charge on any atom is 0.416 e. The van der Waals surface area contributed by atoms with Crippen molar-refractivity contribution in [1.82, 2.24) is 19.9 Å². The minimum absolute atomic E-state index is 0.0286.